The number of alkyl halides is 3. The second-order valence-corrected chi connectivity index (χ2v) is 6.09. The lowest BCUT2D eigenvalue weighted by Gasteiger charge is -2.18. The molecule has 0 bridgehead atoms. The molecule has 0 aromatic heterocycles. The van der Waals surface area contributed by atoms with Crippen LogP contribution in [0.1, 0.15) is 10.4 Å². The van der Waals surface area contributed by atoms with E-state index in [4.69, 9.17) is 9.47 Å². The number of nitro benzene ring substituents is 1. The standard InChI is InChI=1S/C19H19F3N2O6/c1-23(9-10-29-14-5-3-13(28-2)4-6-14)18(25)16-11-15(30-12-19(20,21)22)7-8-17(16)24(26)27/h3-8,11H,9-10,12H2,1-2H3. The van der Waals surface area contributed by atoms with Crippen molar-refractivity contribution in [1.82, 2.24) is 4.90 Å². The fourth-order valence-corrected chi connectivity index (χ4v) is 2.38. The molecular formula is C19H19F3N2O6. The summed E-state index contributed by atoms with van der Waals surface area (Å²) in [4.78, 5) is 24.2. The molecule has 0 saturated heterocycles. The molecule has 2 aromatic carbocycles. The highest BCUT2D eigenvalue weighted by molar-refractivity contribution is 5.98. The van der Waals surface area contributed by atoms with Crippen molar-refractivity contribution in [3.8, 4) is 17.2 Å². The van der Waals surface area contributed by atoms with Crippen molar-refractivity contribution in [2.45, 2.75) is 6.18 Å². The summed E-state index contributed by atoms with van der Waals surface area (Å²) >= 11 is 0. The molecule has 8 nitrogen and oxygen atoms in total. The SMILES string of the molecule is COc1ccc(OCCN(C)C(=O)c2cc(OCC(F)(F)F)ccc2[N+](=O)[O-])cc1. The van der Waals surface area contributed by atoms with Crippen molar-refractivity contribution in [2.24, 2.45) is 0 Å². The van der Waals surface area contributed by atoms with E-state index < -0.39 is 29.3 Å². The number of carbonyl (C=O) groups excluding carboxylic acids is 1. The van der Waals surface area contributed by atoms with Crippen LogP contribution in [0.25, 0.3) is 0 Å². The van der Waals surface area contributed by atoms with E-state index in [0.717, 1.165) is 18.2 Å². The topological polar surface area (TPSA) is 91.1 Å². The minimum atomic E-state index is -4.58. The second-order valence-electron chi connectivity index (χ2n) is 6.09. The van der Waals surface area contributed by atoms with Gasteiger partial charge >= 0.3 is 6.18 Å². The van der Waals surface area contributed by atoms with E-state index in [9.17, 15) is 28.1 Å². The Morgan fingerprint density at radius 1 is 1.07 bits per heavy atom. The van der Waals surface area contributed by atoms with Crippen LogP contribution in [0.5, 0.6) is 17.2 Å². The van der Waals surface area contributed by atoms with Crippen LogP contribution in [-0.2, 0) is 0 Å². The Morgan fingerprint density at radius 3 is 2.23 bits per heavy atom. The van der Waals surface area contributed by atoms with E-state index in [1.54, 1.807) is 24.3 Å². The summed E-state index contributed by atoms with van der Waals surface area (Å²) < 4.78 is 52.1. The predicted octanol–water partition coefficient (Wildman–Crippen LogP) is 3.70. The van der Waals surface area contributed by atoms with Gasteiger partial charge in [0.25, 0.3) is 11.6 Å². The maximum atomic E-state index is 12.6. The van der Waals surface area contributed by atoms with Crippen molar-refractivity contribution in [1.29, 1.82) is 0 Å². The number of halogens is 3. The molecule has 0 N–H and O–H groups in total. The number of carbonyl (C=O) groups is 1. The molecule has 0 atom stereocenters. The summed E-state index contributed by atoms with van der Waals surface area (Å²) in [6.45, 7) is -1.41. The van der Waals surface area contributed by atoms with Gasteiger partial charge < -0.3 is 19.1 Å². The molecule has 0 radical (unpaired) electrons. The third-order valence-electron chi connectivity index (χ3n) is 3.90. The molecule has 11 heteroatoms. The average Bonchev–Trinajstić information content (AvgIpc) is 2.71. The normalized spacial score (nSPS) is 11.0. The number of benzene rings is 2. The van der Waals surface area contributed by atoms with Gasteiger partial charge in [0, 0.05) is 13.1 Å². The van der Waals surface area contributed by atoms with Gasteiger partial charge in [-0.2, -0.15) is 13.2 Å². The molecule has 2 rings (SSSR count). The van der Waals surface area contributed by atoms with Crippen LogP contribution in [0, 0.1) is 10.1 Å². The van der Waals surface area contributed by atoms with E-state index in [1.807, 2.05) is 0 Å². The highest BCUT2D eigenvalue weighted by Crippen LogP contribution is 2.27. The number of amides is 1. The molecule has 1 amide bonds. The molecule has 0 aliphatic carbocycles. The van der Waals surface area contributed by atoms with Gasteiger partial charge in [-0.25, -0.2) is 0 Å². The number of ether oxygens (including phenoxy) is 3. The number of hydrogen-bond acceptors (Lipinski definition) is 6. The molecule has 2 aromatic rings. The maximum absolute atomic E-state index is 12.6. The summed E-state index contributed by atoms with van der Waals surface area (Å²) in [5.74, 6) is 0.126. The predicted molar refractivity (Wildman–Crippen MR) is 100 cm³/mol. The highest BCUT2D eigenvalue weighted by Gasteiger charge is 2.29. The van der Waals surface area contributed by atoms with Crippen LogP contribution in [0.4, 0.5) is 18.9 Å². The van der Waals surface area contributed by atoms with E-state index in [-0.39, 0.29) is 24.5 Å². The summed E-state index contributed by atoms with van der Waals surface area (Å²) in [7, 11) is 2.92. The molecule has 162 valence electrons. The lowest BCUT2D eigenvalue weighted by molar-refractivity contribution is -0.385. The Bertz CT molecular complexity index is 887. The Balaban J connectivity index is 2.05. The van der Waals surface area contributed by atoms with E-state index in [2.05, 4.69) is 4.74 Å². The van der Waals surface area contributed by atoms with Crippen LogP contribution in [0.15, 0.2) is 42.5 Å². The molecule has 0 aliphatic heterocycles. The Hall–Kier alpha value is -3.50. The van der Waals surface area contributed by atoms with Crippen LogP contribution < -0.4 is 14.2 Å². The first-order chi connectivity index (χ1) is 14.1. The summed E-state index contributed by atoms with van der Waals surface area (Å²) in [5.41, 5.74) is -0.922. The first-order valence-electron chi connectivity index (χ1n) is 8.61. The van der Waals surface area contributed by atoms with Gasteiger partial charge in [-0.05, 0) is 36.4 Å². The number of nitro groups is 1. The lowest BCUT2D eigenvalue weighted by atomic mass is 10.1. The first kappa shape index (κ1) is 22.8. The zero-order valence-electron chi connectivity index (χ0n) is 16.1. The lowest BCUT2D eigenvalue weighted by Crippen LogP contribution is -2.31. The van der Waals surface area contributed by atoms with Crippen LogP contribution in [0.2, 0.25) is 0 Å². The quantitative estimate of drug-likeness (QED) is 0.447. The molecule has 30 heavy (non-hydrogen) atoms. The molecule has 0 aliphatic rings. The summed E-state index contributed by atoms with van der Waals surface area (Å²) in [6, 6.07) is 9.60. The number of rotatable bonds is 9. The van der Waals surface area contributed by atoms with Crippen molar-refractivity contribution in [3.63, 3.8) is 0 Å². The number of methoxy groups -OCH3 is 1. The number of hydrogen-bond donors (Lipinski definition) is 0. The third-order valence-corrected chi connectivity index (χ3v) is 3.90. The third kappa shape index (κ3) is 6.54. The summed E-state index contributed by atoms with van der Waals surface area (Å²) in [5, 5.41) is 11.2. The molecule has 0 heterocycles. The van der Waals surface area contributed by atoms with Gasteiger partial charge in [-0.3, -0.25) is 14.9 Å². The first-order valence-corrected chi connectivity index (χ1v) is 8.61. The van der Waals surface area contributed by atoms with Crippen LogP contribution in [0.3, 0.4) is 0 Å². The molecule has 0 spiro atoms. The van der Waals surface area contributed by atoms with Gasteiger partial charge in [0.1, 0.15) is 29.4 Å². The maximum Gasteiger partial charge on any atom is 0.422 e. The van der Waals surface area contributed by atoms with Crippen molar-refractivity contribution in [3.05, 3.63) is 58.1 Å². The Morgan fingerprint density at radius 2 is 1.67 bits per heavy atom. The van der Waals surface area contributed by atoms with Gasteiger partial charge in [-0.15, -0.1) is 0 Å². The minimum absolute atomic E-state index is 0.0790. The highest BCUT2D eigenvalue weighted by atomic mass is 19.4. The minimum Gasteiger partial charge on any atom is -0.497 e. The van der Waals surface area contributed by atoms with E-state index in [0.29, 0.717) is 11.5 Å². The number of nitrogens with zero attached hydrogens (tertiary/aromatic N) is 2. The van der Waals surface area contributed by atoms with Gasteiger partial charge in [0.2, 0.25) is 0 Å². The average molecular weight is 428 g/mol. The van der Waals surface area contributed by atoms with Crippen LogP contribution in [-0.4, -0.2) is 55.8 Å². The zero-order chi connectivity index (χ0) is 22.3. The molecular weight excluding hydrogens is 409 g/mol. The zero-order valence-corrected chi connectivity index (χ0v) is 16.1. The second kappa shape index (κ2) is 9.81. The van der Waals surface area contributed by atoms with Crippen molar-refractivity contribution >= 4 is 11.6 Å². The van der Waals surface area contributed by atoms with Crippen molar-refractivity contribution in [2.75, 3.05) is 33.9 Å². The smallest absolute Gasteiger partial charge is 0.422 e. The Kier molecular flexibility index (Phi) is 7.45. The number of likely N-dealkylation sites (N-methyl/N-ethyl adjacent to an activating group) is 1. The van der Waals surface area contributed by atoms with Gasteiger partial charge in [0.05, 0.1) is 18.6 Å². The molecule has 0 unspecified atom stereocenters. The van der Waals surface area contributed by atoms with E-state index >= 15 is 0 Å². The van der Waals surface area contributed by atoms with Gasteiger partial charge in [-0.1, -0.05) is 0 Å². The molecule has 0 saturated carbocycles. The Labute approximate surface area is 169 Å². The monoisotopic (exact) mass is 428 g/mol. The van der Waals surface area contributed by atoms with E-state index in [1.165, 1.54) is 19.1 Å². The fraction of sp³-hybridized carbons (Fsp3) is 0.316. The largest absolute Gasteiger partial charge is 0.497 e. The van der Waals surface area contributed by atoms with Crippen molar-refractivity contribution < 1.29 is 37.1 Å². The van der Waals surface area contributed by atoms with Gasteiger partial charge in [0.15, 0.2) is 6.61 Å². The molecule has 0 fully saturated rings. The fourth-order valence-electron chi connectivity index (χ4n) is 2.38. The van der Waals surface area contributed by atoms with Crippen LogP contribution >= 0.6 is 0 Å². The summed E-state index contributed by atoms with van der Waals surface area (Å²) in [6.07, 6.45) is -4.58.